The van der Waals surface area contributed by atoms with Crippen LogP contribution in [0, 0.1) is 10.1 Å². The zero-order valence-electron chi connectivity index (χ0n) is 13.0. The average molecular weight is 416 g/mol. The second-order valence-corrected chi connectivity index (χ2v) is 6.21. The molecule has 0 atom stereocenters. The Kier molecular flexibility index (Phi) is 4.63. The fourth-order valence-electron chi connectivity index (χ4n) is 2.40. The van der Waals surface area contributed by atoms with Gasteiger partial charge in [0.15, 0.2) is 0 Å². The van der Waals surface area contributed by atoms with Crippen LogP contribution in [0.4, 0.5) is 16.2 Å². The number of urea groups is 1. The first-order valence-electron chi connectivity index (χ1n) is 7.28. The molecule has 130 valence electrons. The molecule has 8 nitrogen and oxygen atoms in total. The lowest BCUT2D eigenvalue weighted by Crippen LogP contribution is -2.54. The zero-order chi connectivity index (χ0) is 18.8. The first-order chi connectivity index (χ1) is 12.4. The highest BCUT2D eigenvalue weighted by atomic mass is 79.9. The van der Waals surface area contributed by atoms with E-state index in [0.29, 0.717) is 10.5 Å². The standard InChI is InChI=1S/C17H10BrN3O5/c18-11-4-1-3-10(7-11)8-14-15(22)19-17(24)20(16(14)23)12-5-2-6-13(9-12)21(25)26/h1-9H,(H,19,22,24)/b14-8+. The molecule has 1 fully saturated rings. The maximum Gasteiger partial charge on any atom is 0.335 e. The molecule has 1 aliphatic heterocycles. The van der Waals surface area contributed by atoms with Crippen molar-refractivity contribution < 1.29 is 19.3 Å². The monoisotopic (exact) mass is 415 g/mol. The van der Waals surface area contributed by atoms with E-state index in [4.69, 9.17) is 0 Å². The normalized spacial score (nSPS) is 16.0. The van der Waals surface area contributed by atoms with Gasteiger partial charge in [-0.25, -0.2) is 9.69 Å². The molecule has 1 saturated heterocycles. The largest absolute Gasteiger partial charge is 0.335 e. The minimum atomic E-state index is -0.966. The third kappa shape index (κ3) is 3.38. The number of nitro groups is 1. The molecular weight excluding hydrogens is 406 g/mol. The summed E-state index contributed by atoms with van der Waals surface area (Å²) in [6.07, 6.45) is 1.35. The predicted molar refractivity (Wildman–Crippen MR) is 96.2 cm³/mol. The van der Waals surface area contributed by atoms with E-state index in [1.807, 2.05) is 0 Å². The van der Waals surface area contributed by atoms with Gasteiger partial charge in [-0.3, -0.25) is 25.0 Å². The number of carbonyl (C=O) groups is 3. The maximum atomic E-state index is 12.7. The summed E-state index contributed by atoms with van der Waals surface area (Å²) in [5.41, 5.74) is 0.0345. The van der Waals surface area contributed by atoms with Crippen molar-refractivity contribution in [3.63, 3.8) is 0 Å². The number of benzene rings is 2. The summed E-state index contributed by atoms with van der Waals surface area (Å²) >= 11 is 3.29. The Morgan fingerprint density at radius 2 is 1.81 bits per heavy atom. The van der Waals surface area contributed by atoms with Crippen molar-refractivity contribution in [3.8, 4) is 0 Å². The number of rotatable bonds is 3. The second-order valence-electron chi connectivity index (χ2n) is 5.29. The van der Waals surface area contributed by atoms with Crippen LogP contribution in [0.1, 0.15) is 5.56 Å². The Hall–Kier alpha value is -3.33. The van der Waals surface area contributed by atoms with E-state index in [1.165, 1.54) is 24.3 Å². The minimum Gasteiger partial charge on any atom is -0.273 e. The van der Waals surface area contributed by atoms with Crippen LogP contribution >= 0.6 is 15.9 Å². The summed E-state index contributed by atoms with van der Waals surface area (Å²) in [5.74, 6) is -1.69. The van der Waals surface area contributed by atoms with Gasteiger partial charge in [-0.15, -0.1) is 0 Å². The molecule has 0 aromatic heterocycles. The van der Waals surface area contributed by atoms with Gasteiger partial charge >= 0.3 is 6.03 Å². The summed E-state index contributed by atoms with van der Waals surface area (Å²) < 4.78 is 0.752. The van der Waals surface area contributed by atoms with Crippen LogP contribution in [0.15, 0.2) is 58.6 Å². The molecule has 0 unspecified atom stereocenters. The van der Waals surface area contributed by atoms with Crippen LogP contribution in [0.3, 0.4) is 0 Å². The van der Waals surface area contributed by atoms with Gasteiger partial charge in [0.2, 0.25) is 0 Å². The maximum absolute atomic E-state index is 12.7. The fourth-order valence-corrected chi connectivity index (χ4v) is 2.82. The molecule has 9 heteroatoms. The molecule has 2 aromatic rings. The van der Waals surface area contributed by atoms with Crippen molar-refractivity contribution in [1.29, 1.82) is 0 Å². The smallest absolute Gasteiger partial charge is 0.273 e. The summed E-state index contributed by atoms with van der Waals surface area (Å²) in [5, 5.41) is 13.0. The molecular formula is C17H10BrN3O5. The van der Waals surface area contributed by atoms with Crippen molar-refractivity contribution in [2.75, 3.05) is 4.90 Å². The topological polar surface area (TPSA) is 110 Å². The number of nitro benzene ring substituents is 1. The van der Waals surface area contributed by atoms with Gasteiger partial charge in [0.1, 0.15) is 5.57 Å². The van der Waals surface area contributed by atoms with Gasteiger partial charge in [-0.1, -0.05) is 34.1 Å². The lowest BCUT2D eigenvalue weighted by atomic mass is 10.1. The van der Waals surface area contributed by atoms with Gasteiger partial charge in [-0.05, 0) is 29.8 Å². The number of hydrogen-bond donors (Lipinski definition) is 1. The molecule has 3 rings (SSSR count). The van der Waals surface area contributed by atoms with Gasteiger partial charge in [0.05, 0.1) is 10.6 Å². The van der Waals surface area contributed by atoms with Crippen LogP contribution in [-0.4, -0.2) is 22.8 Å². The second kappa shape index (κ2) is 6.89. The number of nitrogens with one attached hydrogen (secondary N) is 1. The number of nitrogens with zero attached hydrogens (tertiary/aromatic N) is 2. The van der Waals surface area contributed by atoms with Gasteiger partial charge < -0.3 is 0 Å². The summed E-state index contributed by atoms with van der Waals surface area (Å²) in [7, 11) is 0. The first kappa shape index (κ1) is 17.5. The highest BCUT2D eigenvalue weighted by Gasteiger charge is 2.37. The van der Waals surface area contributed by atoms with Crippen molar-refractivity contribution in [1.82, 2.24) is 5.32 Å². The van der Waals surface area contributed by atoms with Gasteiger partial charge in [0, 0.05) is 16.6 Å². The van der Waals surface area contributed by atoms with E-state index in [1.54, 1.807) is 24.3 Å². The minimum absolute atomic E-state index is 0.00524. The van der Waals surface area contributed by atoms with E-state index in [-0.39, 0.29) is 16.9 Å². The average Bonchev–Trinajstić information content (AvgIpc) is 2.59. The Bertz CT molecular complexity index is 986. The molecule has 2 aromatic carbocycles. The van der Waals surface area contributed by atoms with E-state index < -0.39 is 22.8 Å². The van der Waals surface area contributed by atoms with Crippen molar-refractivity contribution >= 4 is 51.2 Å². The Balaban J connectivity index is 2.03. The van der Waals surface area contributed by atoms with Crippen molar-refractivity contribution in [3.05, 3.63) is 74.3 Å². The highest BCUT2D eigenvalue weighted by molar-refractivity contribution is 9.10. The number of imide groups is 2. The highest BCUT2D eigenvalue weighted by Crippen LogP contribution is 2.25. The number of anilines is 1. The Morgan fingerprint density at radius 1 is 1.08 bits per heavy atom. The molecule has 0 saturated carbocycles. The molecule has 26 heavy (non-hydrogen) atoms. The lowest BCUT2D eigenvalue weighted by Gasteiger charge is -2.26. The van der Waals surface area contributed by atoms with E-state index >= 15 is 0 Å². The van der Waals surface area contributed by atoms with Crippen LogP contribution in [0.2, 0.25) is 0 Å². The molecule has 0 aliphatic carbocycles. The summed E-state index contributed by atoms with van der Waals surface area (Å²) in [6.45, 7) is 0. The van der Waals surface area contributed by atoms with Crippen molar-refractivity contribution in [2.24, 2.45) is 0 Å². The molecule has 1 heterocycles. The van der Waals surface area contributed by atoms with Crippen LogP contribution < -0.4 is 10.2 Å². The summed E-state index contributed by atoms with van der Waals surface area (Å²) in [6, 6.07) is 11.0. The van der Waals surface area contributed by atoms with Crippen molar-refractivity contribution in [2.45, 2.75) is 0 Å². The number of hydrogen-bond acceptors (Lipinski definition) is 5. The molecule has 0 spiro atoms. The molecule has 1 aliphatic rings. The van der Waals surface area contributed by atoms with E-state index in [9.17, 15) is 24.5 Å². The number of amides is 4. The van der Waals surface area contributed by atoms with E-state index in [2.05, 4.69) is 21.2 Å². The SMILES string of the molecule is O=C1NC(=O)N(c2cccc([N+](=O)[O-])c2)C(=O)/C1=C/c1cccc(Br)c1. The van der Waals surface area contributed by atoms with Crippen LogP contribution in [0.25, 0.3) is 6.08 Å². The number of halogens is 1. The molecule has 0 radical (unpaired) electrons. The summed E-state index contributed by atoms with van der Waals surface area (Å²) in [4.78, 5) is 47.9. The van der Waals surface area contributed by atoms with Gasteiger partial charge in [-0.2, -0.15) is 0 Å². The Morgan fingerprint density at radius 3 is 2.50 bits per heavy atom. The fraction of sp³-hybridized carbons (Fsp3) is 0. The third-order valence-corrected chi connectivity index (χ3v) is 4.05. The number of carbonyl (C=O) groups excluding carboxylic acids is 3. The lowest BCUT2D eigenvalue weighted by molar-refractivity contribution is -0.384. The third-order valence-electron chi connectivity index (χ3n) is 3.56. The van der Waals surface area contributed by atoms with Crippen LogP contribution in [-0.2, 0) is 9.59 Å². The number of non-ortho nitro benzene ring substituents is 1. The van der Waals surface area contributed by atoms with E-state index in [0.717, 1.165) is 10.5 Å². The molecule has 0 bridgehead atoms. The number of barbiturate groups is 1. The molecule has 1 N–H and O–H groups in total. The Labute approximate surface area is 155 Å². The zero-order valence-corrected chi connectivity index (χ0v) is 14.6. The first-order valence-corrected chi connectivity index (χ1v) is 8.07. The van der Waals surface area contributed by atoms with Gasteiger partial charge in [0.25, 0.3) is 17.5 Å². The predicted octanol–water partition coefficient (Wildman–Crippen LogP) is 3.02. The quantitative estimate of drug-likeness (QED) is 0.358. The van der Waals surface area contributed by atoms with Crippen LogP contribution in [0.5, 0.6) is 0 Å². The molecule has 4 amide bonds.